The van der Waals surface area contributed by atoms with Crippen LogP contribution in [-0.2, 0) is 16.4 Å². The van der Waals surface area contributed by atoms with Crippen molar-refractivity contribution in [3.05, 3.63) is 60.3 Å². The van der Waals surface area contributed by atoms with E-state index in [0.717, 1.165) is 17.7 Å². The molecule has 2 aromatic carbocycles. The van der Waals surface area contributed by atoms with E-state index in [1.165, 1.54) is 6.20 Å². The Kier molecular flexibility index (Phi) is 6.45. The molecule has 0 fully saturated rings. The third kappa shape index (κ3) is 4.82. The number of rotatable bonds is 7. The summed E-state index contributed by atoms with van der Waals surface area (Å²) in [7, 11) is 0.646. The molecule has 34 heavy (non-hydrogen) atoms. The minimum atomic E-state index is -3.36. The number of nitrogens with zero attached hydrogens (tertiary/aromatic N) is 5. The fourth-order valence-corrected chi connectivity index (χ4v) is 4.45. The summed E-state index contributed by atoms with van der Waals surface area (Å²) in [6.07, 6.45) is 1.52. The molecule has 4 rings (SSSR count). The van der Waals surface area contributed by atoms with Crippen LogP contribution >= 0.6 is 0 Å². The average molecular weight is 479 g/mol. The van der Waals surface area contributed by atoms with Gasteiger partial charge in [0.1, 0.15) is 0 Å². The van der Waals surface area contributed by atoms with Crippen molar-refractivity contribution in [2.75, 3.05) is 19.8 Å². The van der Waals surface area contributed by atoms with E-state index in [2.05, 4.69) is 25.1 Å². The molecule has 0 spiro atoms. The van der Waals surface area contributed by atoms with Gasteiger partial charge in [0.25, 0.3) is 5.89 Å². The summed E-state index contributed by atoms with van der Waals surface area (Å²) in [6, 6.07) is 14.4. The van der Waals surface area contributed by atoms with Gasteiger partial charge in [0.2, 0.25) is 5.89 Å². The lowest BCUT2D eigenvalue weighted by atomic mass is 10.1. The van der Waals surface area contributed by atoms with Crippen LogP contribution in [0.25, 0.3) is 34.3 Å². The second-order valence-electron chi connectivity index (χ2n) is 8.46. The Hall–Kier alpha value is -3.63. The smallest absolute Gasteiger partial charge is 0.270 e. The molecule has 10 heteroatoms. The molecule has 4 aromatic rings. The first-order valence-corrected chi connectivity index (χ1v) is 12.2. The van der Waals surface area contributed by atoms with Crippen LogP contribution in [-0.4, -0.2) is 52.8 Å². The van der Waals surface area contributed by atoms with E-state index < -0.39 is 15.1 Å². The van der Waals surface area contributed by atoms with Crippen LogP contribution in [0.4, 0.5) is 5.82 Å². The van der Waals surface area contributed by atoms with E-state index in [9.17, 15) is 8.42 Å². The molecular weight excluding hydrogens is 452 g/mol. The predicted octanol–water partition coefficient (Wildman–Crippen LogP) is 3.69. The molecular formula is C24H26N6O3S. The maximum atomic E-state index is 12.4. The zero-order valence-corrected chi connectivity index (χ0v) is 20.2. The number of sulfone groups is 1. The van der Waals surface area contributed by atoms with E-state index in [0.29, 0.717) is 17.1 Å². The SMILES string of the molecule is CC(C)S(=O)(=O)c1ccc(-c2cnc(N)c(-c3nnc(-c4cccc(CN(C)C)c4)o3)n2)cc1. The Morgan fingerprint density at radius 1 is 1.00 bits per heavy atom. The first kappa shape index (κ1) is 23.5. The summed E-state index contributed by atoms with van der Waals surface area (Å²) in [5, 5.41) is 7.78. The highest BCUT2D eigenvalue weighted by Crippen LogP contribution is 2.29. The van der Waals surface area contributed by atoms with Crippen molar-refractivity contribution >= 4 is 15.7 Å². The molecule has 0 aliphatic rings. The van der Waals surface area contributed by atoms with Crippen LogP contribution in [0.15, 0.2) is 64.0 Å². The Bertz CT molecular complexity index is 1410. The highest BCUT2D eigenvalue weighted by Gasteiger charge is 2.20. The second-order valence-corrected chi connectivity index (χ2v) is 11.0. The summed E-state index contributed by atoms with van der Waals surface area (Å²) in [6.45, 7) is 4.09. The summed E-state index contributed by atoms with van der Waals surface area (Å²) in [5.74, 6) is 0.656. The van der Waals surface area contributed by atoms with Gasteiger partial charge >= 0.3 is 0 Å². The van der Waals surface area contributed by atoms with Crippen LogP contribution in [0.1, 0.15) is 19.4 Å². The number of aromatic nitrogens is 4. The van der Waals surface area contributed by atoms with E-state index >= 15 is 0 Å². The number of hydrogen-bond acceptors (Lipinski definition) is 9. The summed E-state index contributed by atoms with van der Waals surface area (Å²) < 4.78 is 30.6. The molecule has 2 heterocycles. The van der Waals surface area contributed by atoms with E-state index in [4.69, 9.17) is 10.2 Å². The van der Waals surface area contributed by atoms with Gasteiger partial charge in [-0.3, -0.25) is 0 Å². The van der Waals surface area contributed by atoms with Crippen LogP contribution in [0, 0.1) is 0 Å². The summed E-state index contributed by atoms with van der Waals surface area (Å²) in [5.41, 5.74) is 9.42. The third-order valence-corrected chi connectivity index (χ3v) is 7.37. The van der Waals surface area contributed by atoms with Crippen LogP contribution in [0.3, 0.4) is 0 Å². The van der Waals surface area contributed by atoms with Crippen molar-refractivity contribution in [2.45, 2.75) is 30.5 Å². The summed E-state index contributed by atoms with van der Waals surface area (Å²) in [4.78, 5) is 11.1. The molecule has 0 radical (unpaired) electrons. The lowest BCUT2D eigenvalue weighted by Crippen LogP contribution is -2.13. The molecule has 0 aliphatic heterocycles. The van der Waals surface area contributed by atoms with Crippen LogP contribution < -0.4 is 5.73 Å². The van der Waals surface area contributed by atoms with Gasteiger partial charge in [-0.2, -0.15) is 0 Å². The largest absolute Gasteiger partial charge is 0.414 e. The van der Waals surface area contributed by atoms with Gasteiger partial charge in [0.15, 0.2) is 21.3 Å². The van der Waals surface area contributed by atoms with Gasteiger partial charge < -0.3 is 15.1 Å². The molecule has 176 valence electrons. The first-order valence-electron chi connectivity index (χ1n) is 10.7. The zero-order valence-electron chi connectivity index (χ0n) is 19.4. The Morgan fingerprint density at radius 2 is 1.71 bits per heavy atom. The topological polar surface area (TPSA) is 128 Å². The van der Waals surface area contributed by atoms with Crippen molar-refractivity contribution in [3.8, 4) is 34.3 Å². The number of hydrogen-bond donors (Lipinski definition) is 1. The van der Waals surface area contributed by atoms with E-state index in [1.807, 2.05) is 38.4 Å². The highest BCUT2D eigenvalue weighted by atomic mass is 32.2. The molecule has 0 atom stereocenters. The normalized spacial score (nSPS) is 11.9. The van der Waals surface area contributed by atoms with Gasteiger partial charge in [-0.05, 0) is 57.8 Å². The Balaban J connectivity index is 1.65. The number of nitrogen functional groups attached to an aromatic ring is 1. The molecule has 2 aromatic heterocycles. The molecule has 0 amide bonds. The van der Waals surface area contributed by atoms with Crippen LogP contribution in [0.2, 0.25) is 0 Å². The van der Waals surface area contributed by atoms with Crippen molar-refractivity contribution in [2.24, 2.45) is 0 Å². The Labute approximate surface area is 198 Å². The lowest BCUT2D eigenvalue weighted by molar-refractivity contribution is 0.402. The van der Waals surface area contributed by atoms with Crippen molar-refractivity contribution in [3.63, 3.8) is 0 Å². The molecule has 2 N–H and O–H groups in total. The van der Waals surface area contributed by atoms with Crippen LogP contribution in [0.5, 0.6) is 0 Å². The Morgan fingerprint density at radius 3 is 2.38 bits per heavy atom. The van der Waals surface area contributed by atoms with Crippen molar-refractivity contribution in [1.29, 1.82) is 0 Å². The number of nitrogens with two attached hydrogens (primary N) is 1. The quantitative estimate of drug-likeness (QED) is 0.423. The fraction of sp³-hybridized carbons (Fsp3) is 0.250. The van der Waals surface area contributed by atoms with Crippen molar-refractivity contribution < 1.29 is 12.8 Å². The minimum Gasteiger partial charge on any atom is -0.414 e. The van der Waals surface area contributed by atoms with Gasteiger partial charge in [0.05, 0.1) is 22.0 Å². The molecule has 0 saturated heterocycles. The highest BCUT2D eigenvalue weighted by molar-refractivity contribution is 7.92. The van der Waals surface area contributed by atoms with E-state index in [-0.39, 0.29) is 22.3 Å². The maximum Gasteiger partial charge on any atom is 0.270 e. The molecule has 9 nitrogen and oxygen atoms in total. The average Bonchev–Trinajstić information content (AvgIpc) is 3.29. The third-order valence-electron chi connectivity index (χ3n) is 5.20. The van der Waals surface area contributed by atoms with Crippen molar-refractivity contribution in [1.82, 2.24) is 25.1 Å². The monoisotopic (exact) mass is 478 g/mol. The minimum absolute atomic E-state index is 0.152. The molecule has 0 unspecified atom stereocenters. The maximum absolute atomic E-state index is 12.4. The number of benzene rings is 2. The van der Waals surface area contributed by atoms with Gasteiger partial charge in [-0.15, -0.1) is 10.2 Å². The first-order chi connectivity index (χ1) is 16.1. The van der Waals surface area contributed by atoms with E-state index in [1.54, 1.807) is 38.1 Å². The predicted molar refractivity (Wildman–Crippen MR) is 130 cm³/mol. The lowest BCUT2D eigenvalue weighted by Gasteiger charge is -2.09. The number of anilines is 1. The standard InChI is InChI=1S/C24H26N6O3S/c1-15(2)34(31,32)19-10-8-17(9-11-19)20-13-26-22(25)21(27-20)24-29-28-23(33-24)18-7-5-6-16(12-18)14-30(3)4/h5-13,15H,14H2,1-4H3,(H2,25,26). The van der Waals surface area contributed by atoms with Gasteiger partial charge in [0, 0.05) is 17.7 Å². The second kappa shape index (κ2) is 9.32. The molecule has 0 bridgehead atoms. The fourth-order valence-electron chi connectivity index (χ4n) is 3.39. The van der Waals surface area contributed by atoms with Gasteiger partial charge in [-0.1, -0.05) is 24.3 Å². The van der Waals surface area contributed by atoms with Gasteiger partial charge in [-0.25, -0.2) is 18.4 Å². The summed E-state index contributed by atoms with van der Waals surface area (Å²) >= 11 is 0. The molecule has 0 saturated carbocycles. The molecule has 0 aliphatic carbocycles. The zero-order chi connectivity index (χ0) is 24.5.